The molecule has 0 heterocycles. The smallest absolute Gasteiger partial charge is 0.0478 e. The van der Waals surface area contributed by atoms with Gasteiger partial charge in [0.1, 0.15) is 0 Å². The summed E-state index contributed by atoms with van der Waals surface area (Å²) in [6.45, 7) is 9.98. The van der Waals surface area contributed by atoms with Gasteiger partial charge in [0.05, 0.1) is 0 Å². The molecule has 1 saturated carbocycles. The fourth-order valence-corrected chi connectivity index (χ4v) is 2.56. The van der Waals surface area contributed by atoms with E-state index < -0.39 is 0 Å². The molecule has 0 amide bonds. The van der Waals surface area contributed by atoms with Crippen molar-refractivity contribution in [1.82, 2.24) is 5.32 Å². The largest absolute Gasteiger partial charge is 0.381 e. The predicted octanol–water partition coefficient (Wildman–Crippen LogP) is 3.61. The van der Waals surface area contributed by atoms with Crippen molar-refractivity contribution in [2.45, 2.75) is 65.3 Å². The average molecular weight is 241 g/mol. The standard InChI is InChI=1S/C15H31NO/c1-4-5-10-17-11-6-9-16-15-8-7-13(2)14(3)12-15/h13-16H,4-12H2,1-3H3. The first kappa shape index (κ1) is 15.0. The quantitative estimate of drug-likeness (QED) is 0.656. The highest BCUT2D eigenvalue weighted by molar-refractivity contribution is 4.79. The molecule has 0 bridgehead atoms. The molecule has 1 N–H and O–H groups in total. The van der Waals surface area contributed by atoms with Crippen molar-refractivity contribution in [2.24, 2.45) is 11.8 Å². The van der Waals surface area contributed by atoms with Gasteiger partial charge in [-0.2, -0.15) is 0 Å². The van der Waals surface area contributed by atoms with Crippen LogP contribution in [0.2, 0.25) is 0 Å². The normalized spacial score (nSPS) is 29.5. The Morgan fingerprint density at radius 3 is 2.53 bits per heavy atom. The molecular formula is C15H31NO. The number of unbranched alkanes of at least 4 members (excludes halogenated alkanes) is 1. The molecule has 2 nitrogen and oxygen atoms in total. The van der Waals surface area contributed by atoms with Crippen LogP contribution in [-0.2, 0) is 4.74 Å². The number of hydrogen-bond acceptors (Lipinski definition) is 2. The van der Waals surface area contributed by atoms with Gasteiger partial charge < -0.3 is 10.1 Å². The number of nitrogens with one attached hydrogen (secondary N) is 1. The molecule has 0 aromatic carbocycles. The molecular weight excluding hydrogens is 210 g/mol. The second-order valence-corrected chi connectivity index (χ2v) is 5.74. The van der Waals surface area contributed by atoms with Crippen LogP contribution in [0.15, 0.2) is 0 Å². The van der Waals surface area contributed by atoms with E-state index in [1.807, 2.05) is 0 Å². The van der Waals surface area contributed by atoms with E-state index in [-0.39, 0.29) is 0 Å². The summed E-state index contributed by atoms with van der Waals surface area (Å²) in [6, 6.07) is 0.761. The Morgan fingerprint density at radius 1 is 1.06 bits per heavy atom. The summed E-state index contributed by atoms with van der Waals surface area (Å²) in [5.41, 5.74) is 0. The monoisotopic (exact) mass is 241 g/mol. The van der Waals surface area contributed by atoms with Crippen LogP contribution in [0, 0.1) is 11.8 Å². The fraction of sp³-hybridized carbons (Fsp3) is 1.00. The highest BCUT2D eigenvalue weighted by Crippen LogP contribution is 2.29. The maximum atomic E-state index is 5.56. The Kier molecular flexibility index (Phi) is 7.87. The van der Waals surface area contributed by atoms with E-state index >= 15 is 0 Å². The van der Waals surface area contributed by atoms with Gasteiger partial charge in [-0.25, -0.2) is 0 Å². The van der Waals surface area contributed by atoms with E-state index in [1.165, 1.54) is 32.1 Å². The van der Waals surface area contributed by atoms with Crippen molar-refractivity contribution in [2.75, 3.05) is 19.8 Å². The minimum Gasteiger partial charge on any atom is -0.381 e. The third-order valence-electron chi connectivity index (χ3n) is 4.14. The van der Waals surface area contributed by atoms with E-state index in [4.69, 9.17) is 4.74 Å². The van der Waals surface area contributed by atoms with Crippen LogP contribution in [0.1, 0.15) is 59.3 Å². The van der Waals surface area contributed by atoms with E-state index in [2.05, 4.69) is 26.1 Å². The van der Waals surface area contributed by atoms with Crippen molar-refractivity contribution < 1.29 is 4.74 Å². The highest BCUT2D eigenvalue weighted by atomic mass is 16.5. The van der Waals surface area contributed by atoms with Gasteiger partial charge in [0.25, 0.3) is 0 Å². The summed E-state index contributed by atoms with van der Waals surface area (Å²) in [5.74, 6) is 1.81. The van der Waals surface area contributed by atoms with E-state index in [0.717, 1.165) is 44.1 Å². The van der Waals surface area contributed by atoms with Crippen LogP contribution >= 0.6 is 0 Å². The average Bonchev–Trinajstić information content (AvgIpc) is 2.32. The molecule has 102 valence electrons. The molecule has 1 aliphatic rings. The second-order valence-electron chi connectivity index (χ2n) is 5.74. The lowest BCUT2D eigenvalue weighted by molar-refractivity contribution is 0.126. The van der Waals surface area contributed by atoms with Gasteiger partial charge in [-0.1, -0.05) is 27.2 Å². The molecule has 2 heteroatoms. The van der Waals surface area contributed by atoms with Gasteiger partial charge in [0.15, 0.2) is 0 Å². The molecule has 1 fully saturated rings. The van der Waals surface area contributed by atoms with Gasteiger partial charge in [-0.15, -0.1) is 0 Å². The highest BCUT2D eigenvalue weighted by Gasteiger charge is 2.23. The third kappa shape index (κ3) is 6.42. The van der Waals surface area contributed by atoms with E-state index in [0.29, 0.717) is 0 Å². The molecule has 0 radical (unpaired) electrons. The maximum Gasteiger partial charge on any atom is 0.0478 e. The van der Waals surface area contributed by atoms with Crippen molar-refractivity contribution >= 4 is 0 Å². The minimum atomic E-state index is 0.761. The van der Waals surface area contributed by atoms with Crippen LogP contribution < -0.4 is 5.32 Å². The van der Waals surface area contributed by atoms with E-state index in [1.54, 1.807) is 0 Å². The first-order valence-electron chi connectivity index (χ1n) is 7.55. The zero-order valence-electron chi connectivity index (χ0n) is 12.0. The van der Waals surface area contributed by atoms with Crippen molar-refractivity contribution in [3.05, 3.63) is 0 Å². The van der Waals surface area contributed by atoms with Gasteiger partial charge in [-0.3, -0.25) is 0 Å². The first-order valence-corrected chi connectivity index (χ1v) is 7.55. The molecule has 3 atom stereocenters. The molecule has 17 heavy (non-hydrogen) atoms. The molecule has 0 saturated heterocycles. The summed E-state index contributed by atoms with van der Waals surface area (Å²) in [6.07, 6.45) is 7.71. The number of hydrogen-bond donors (Lipinski definition) is 1. The number of rotatable bonds is 8. The summed E-state index contributed by atoms with van der Waals surface area (Å²) in [4.78, 5) is 0. The maximum absolute atomic E-state index is 5.56. The first-order chi connectivity index (χ1) is 8.24. The molecule has 0 spiro atoms. The van der Waals surface area contributed by atoms with Crippen LogP contribution in [0.4, 0.5) is 0 Å². The minimum absolute atomic E-state index is 0.761. The van der Waals surface area contributed by atoms with E-state index in [9.17, 15) is 0 Å². The van der Waals surface area contributed by atoms with Crippen molar-refractivity contribution in [1.29, 1.82) is 0 Å². The van der Waals surface area contributed by atoms with Gasteiger partial charge >= 0.3 is 0 Å². The summed E-state index contributed by atoms with van der Waals surface area (Å²) < 4.78 is 5.56. The molecule has 0 aliphatic heterocycles. The van der Waals surface area contributed by atoms with Crippen LogP contribution in [-0.4, -0.2) is 25.8 Å². The summed E-state index contributed by atoms with van der Waals surface area (Å²) in [7, 11) is 0. The second kappa shape index (κ2) is 8.93. The zero-order valence-corrected chi connectivity index (χ0v) is 12.0. The van der Waals surface area contributed by atoms with Crippen LogP contribution in [0.5, 0.6) is 0 Å². The fourth-order valence-electron chi connectivity index (χ4n) is 2.56. The lowest BCUT2D eigenvalue weighted by Gasteiger charge is -2.32. The lowest BCUT2D eigenvalue weighted by atomic mass is 9.79. The van der Waals surface area contributed by atoms with Crippen LogP contribution in [0.3, 0.4) is 0 Å². The van der Waals surface area contributed by atoms with Gasteiger partial charge in [0.2, 0.25) is 0 Å². The predicted molar refractivity (Wildman–Crippen MR) is 74.3 cm³/mol. The topological polar surface area (TPSA) is 21.3 Å². The molecule has 1 aliphatic carbocycles. The third-order valence-corrected chi connectivity index (χ3v) is 4.14. The Morgan fingerprint density at radius 2 is 1.82 bits per heavy atom. The molecule has 0 aromatic heterocycles. The lowest BCUT2D eigenvalue weighted by Crippen LogP contribution is -2.36. The zero-order chi connectivity index (χ0) is 12.5. The molecule has 1 rings (SSSR count). The van der Waals surface area contributed by atoms with Gasteiger partial charge in [-0.05, 0) is 50.5 Å². The number of ether oxygens (including phenoxy) is 1. The Labute approximate surface area is 108 Å². The SMILES string of the molecule is CCCCOCCCNC1CCC(C)C(C)C1. The summed E-state index contributed by atoms with van der Waals surface area (Å²) in [5, 5.41) is 3.68. The van der Waals surface area contributed by atoms with Crippen molar-refractivity contribution in [3.63, 3.8) is 0 Å². The summed E-state index contributed by atoms with van der Waals surface area (Å²) >= 11 is 0. The Balaban J connectivity index is 1.92. The molecule has 0 aromatic rings. The Hall–Kier alpha value is -0.0800. The van der Waals surface area contributed by atoms with Crippen LogP contribution in [0.25, 0.3) is 0 Å². The molecule has 3 unspecified atom stereocenters. The Bertz CT molecular complexity index is 184. The van der Waals surface area contributed by atoms with Gasteiger partial charge in [0, 0.05) is 19.3 Å². The van der Waals surface area contributed by atoms with Crippen molar-refractivity contribution in [3.8, 4) is 0 Å².